The van der Waals surface area contributed by atoms with Gasteiger partial charge >= 0.3 is 0 Å². The molecule has 0 bridgehead atoms. The highest BCUT2D eigenvalue weighted by Crippen LogP contribution is 2.23. The van der Waals surface area contributed by atoms with E-state index in [1.165, 1.54) is 5.56 Å². The highest BCUT2D eigenvalue weighted by molar-refractivity contribution is 7.98. The first-order valence-corrected chi connectivity index (χ1v) is 7.82. The molecular weight excluding hydrogens is 252 g/mol. The predicted molar refractivity (Wildman–Crippen MR) is 83.8 cm³/mol. The summed E-state index contributed by atoms with van der Waals surface area (Å²) in [5.74, 6) is 2.67. The van der Waals surface area contributed by atoms with Crippen LogP contribution in [0.5, 0.6) is 5.75 Å². The molecule has 0 aliphatic carbocycles. The molecule has 2 rings (SSSR count). The van der Waals surface area contributed by atoms with Crippen molar-refractivity contribution in [3.05, 3.63) is 65.2 Å². The summed E-state index contributed by atoms with van der Waals surface area (Å²) in [4.78, 5) is 0. The molecule has 0 atom stereocenters. The number of rotatable bonds is 6. The lowest BCUT2D eigenvalue weighted by Gasteiger charge is -2.07. The van der Waals surface area contributed by atoms with E-state index in [9.17, 15) is 5.11 Å². The minimum absolute atomic E-state index is 0.468. The van der Waals surface area contributed by atoms with Gasteiger partial charge in [0.2, 0.25) is 0 Å². The van der Waals surface area contributed by atoms with E-state index in [2.05, 4.69) is 30.3 Å². The largest absolute Gasteiger partial charge is 0.507 e. The van der Waals surface area contributed by atoms with E-state index in [1.54, 1.807) is 0 Å². The Morgan fingerprint density at radius 3 is 2.58 bits per heavy atom. The molecule has 19 heavy (non-hydrogen) atoms. The molecule has 0 spiro atoms. The number of phenolic OH excluding ortho intramolecular Hbond substituents is 1. The van der Waals surface area contributed by atoms with Gasteiger partial charge in [-0.15, -0.1) is 0 Å². The van der Waals surface area contributed by atoms with Gasteiger partial charge in [-0.1, -0.05) is 48.5 Å². The number of hydrogen-bond donors (Lipinski definition) is 1. The standard InChI is InChI=1S/C17H20OS/c1-14-7-5-10-16(17(14)18)11-6-12-19-13-15-8-3-2-4-9-15/h2-5,7-10,18H,6,11-13H2,1H3. The molecule has 0 unspecified atom stereocenters. The molecule has 0 saturated heterocycles. The van der Waals surface area contributed by atoms with Crippen LogP contribution in [0.3, 0.4) is 0 Å². The van der Waals surface area contributed by atoms with Crippen molar-refractivity contribution in [1.29, 1.82) is 0 Å². The first-order valence-electron chi connectivity index (χ1n) is 6.66. The Bertz CT molecular complexity index is 508. The third kappa shape index (κ3) is 4.32. The first kappa shape index (κ1) is 14.0. The summed E-state index contributed by atoms with van der Waals surface area (Å²) < 4.78 is 0. The Labute approximate surface area is 119 Å². The van der Waals surface area contributed by atoms with Crippen LogP contribution >= 0.6 is 11.8 Å². The number of benzene rings is 2. The Kier molecular flexibility index (Phi) is 5.34. The molecule has 100 valence electrons. The van der Waals surface area contributed by atoms with Crippen molar-refractivity contribution in [3.8, 4) is 5.75 Å². The first-order chi connectivity index (χ1) is 9.27. The Morgan fingerprint density at radius 2 is 1.79 bits per heavy atom. The Morgan fingerprint density at radius 1 is 1.00 bits per heavy atom. The zero-order chi connectivity index (χ0) is 13.5. The molecule has 0 aliphatic rings. The number of hydrogen-bond acceptors (Lipinski definition) is 2. The molecule has 0 saturated carbocycles. The SMILES string of the molecule is Cc1cccc(CCCSCc2ccccc2)c1O. The van der Waals surface area contributed by atoms with Crippen LogP contribution in [0.2, 0.25) is 0 Å². The van der Waals surface area contributed by atoms with Crippen LogP contribution < -0.4 is 0 Å². The molecule has 1 N–H and O–H groups in total. The third-order valence-corrected chi connectivity index (χ3v) is 4.28. The fraction of sp³-hybridized carbons (Fsp3) is 0.294. The number of phenols is 1. The van der Waals surface area contributed by atoms with E-state index in [0.717, 1.165) is 35.5 Å². The fourth-order valence-corrected chi connectivity index (χ4v) is 2.97. The Balaban J connectivity index is 1.71. The average Bonchev–Trinajstić information content (AvgIpc) is 2.44. The van der Waals surface area contributed by atoms with Crippen molar-refractivity contribution in [3.63, 3.8) is 0 Å². The van der Waals surface area contributed by atoms with E-state index < -0.39 is 0 Å². The van der Waals surface area contributed by atoms with Gasteiger partial charge in [0, 0.05) is 5.75 Å². The van der Waals surface area contributed by atoms with Crippen LogP contribution in [-0.4, -0.2) is 10.9 Å². The molecule has 2 heteroatoms. The van der Waals surface area contributed by atoms with Crippen LogP contribution in [-0.2, 0) is 12.2 Å². The van der Waals surface area contributed by atoms with Gasteiger partial charge in [0.1, 0.15) is 5.75 Å². The lowest BCUT2D eigenvalue weighted by molar-refractivity contribution is 0.463. The van der Waals surface area contributed by atoms with E-state index in [-0.39, 0.29) is 0 Å². The molecule has 0 radical (unpaired) electrons. The van der Waals surface area contributed by atoms with Gasteiger partial charge in [0.05, 0.1) is 0 Å². The molecule has 1 nitrogen and oxygen atoms in total. The molecule has 0 heterocycles. The van der Waals surface area contributed by atoms with E-state index in [0.29, 0.717) is 5.75 Å². The van der Waals surface area contributed by atoms with Crippen LogP contribution in [0.15, 0.2) is 48.5 Å². The summed E-state index contributed by atoms with van der Waals surface area (Å²) in [6, 6.07) is 16.5. The van der Waals surface area contributed by atoms with Crippen LogP contribution in [0.25, 0.3) is 0 Å². The lowest BCUT2D eigenvalue weighted by atomic mass is 10.1. The topological polar surface area (TPSA) is 20.2 Å². The minimum Gasteiger partial charge on any atom is -0.507 e. The second kappa shape index (κ2) is 7.25. The smallest absolute Gasteiger partial charge is 0.121 e. The summed E-state index contributed by atoms with van der Waals surface area (Å²) in [5, 5.41) is 9.93. The van der Waals surface area contributed by atoms with Crippen molar-refractivity contribution in [2.24, 2.45) is 0 Å². The molecule has 0 fully saturated rings. The van der Waals surface area contributed by atoms with Gasteiger partial charge in [0.25, 0.3) is 0 Å². The molecule has 0 aromatic heterocycles. The maximum Gasteiger partial charge on any atom is 0.121 e. The molecular formula is C17H20OS. The highest BCUT2D eigenvalue weighted by atomic mass is 32.2. The minimum atomic E-state index is 0.468. The molecule has 2 aromatic rings. The second-order valence-corrected chi connectivity index (χ2v) is 5.83. The van der Waals surface area contributed by atoms with E-state index in [4.69, 9.17) is 0 Å². The zero-order valence-electron chi connectivity index (χ0n) is 11.3. The quantitative estimate of drug-likeness (QED) is 0.777. The molecule has 2 aromatic carbocycles. The number of thioether (sulfide) groups is 1. The van der Waals surface area contributed by atoms with Gasteiger partial charge in [-0.2, -0.15) is 11.8 Å². The van der Waals surface area contributed by atoms with Crippen LogP contribution in [0.1, 0.15) is 23.1 Å². The fourth-order valence-electron chi connectivity index (χ4n) is 2.05. The number of aryl methyl sites for hydroxylation is 2. The maximum absolute atomic E-state index is 9.93. The summed E-state index contributed by atoms with van der Waals surface area (Å²) in [5.41, 5.74) is 3.42. The zero-order valence-corrected chi connectivity index (χ0v) is 12.1. The summed E-state index contributed by atoms with van der Waals surface area (Å²) in [6.45, 7) is 1.95. The summed E-state index contributed by atoms with van der Waals surface area (Å²) in [6.07, 6.45) is 2.06. The highest BCUT2D eigenvalue weighted by Gasteiger charge is 2.03. The normalized spacial score (nSPS) is 10.6. The third-order valence-electron chi connectivity index (χ3n) is 3.17. The van der Waals surface area contributed by atoms with Crippen molar-refractivity contribution in [2.45, 2.75) is 25.5 Å². The summed E-state index contributed by atoms with van der Waals surface area (Å²) >= 11 is 1.95. The van der Waals surface area contributed by atoms with Gasteiger partial charge in [-0.25, -0.2) is 0 Å². The number of aromatic hydroxyl groups is 1. The van der Waals surface area contributed by atoms with Gasteiger partial charge in [-0.3, -0.25) is 0 Å². The molecule has 0 aliphatic heterocycles. The monoisotopic (exact) mass is 272 g/mol. The molecule has 0 amide bonds. The van der Waals surface area contributed by atoms with Gasteiger partial charge in [0.15, 0.2) is 0 Å². The lowest BCUT2D eigenvalue weighted by Crippen LogP contribution is -1.91. The average molecular weight is 272 g/mol. The van der Waals surface area contributed by atoms with E-state index in [1.807, 2.05) is 36.9 Å². The van der Waals surface area contributed by atoms with Gasteiger partial charge in [-0.05, 0) is 42.2 Å². The van der Waals surface area contributed by atoms with Crippen molar-refractivity contribution in [1.82, 2.24) is 0 Å². The second-order valence-electron chi connectivity index (χ2n) is 4.72. The predicted octanol–water partition coefficient (Wildman–Crippen LogP) is 4.57. The summed E-state index contributed by atoms with van der Waals surface area (Å²) in [7, 11) is 0. The van der Waals surface area contributed by atoms with Crippen LogP contribution in [0.4, 0.5) is 0 Å². The van der Waals surface area contributed by atoms with Gasteiger partial charge < -0.3 is 5.11 Å². The van der Waals surface area contributed by atoms with Crippen LogP contribution in [0, 0.1) is 6.92 Å². The van der Waals surface area contributed by atoms with Crippen molar-refractivity contribution >= 4 is 11.8 Å². The van der Waals surface area contributed by atoms with Crippen molar-refractivity contribution in [2.75, 3.05) is 5.75 Å². The van der Waals surface area contributed by atoms with E-state index >= 15 is 0 Å². The maximum atomic E-state index is 9.93. The van der Waals surface area contributed by atoms with Crippen molar-refractivity contribution < 1.29 is 5.11 Å². The Hall–Kier alpha value is -1.41. The number of para-hydroxylation sites is 1.